The van der Waals surface area contributed by atoms with E-state index in [9.17, 15) is 9.59 Å². The molecule has 118 valence electrons. The van der Waals surface area contributed by atoms with Crippen LogP contribution >= 0.6 is 0 Å². The number of carbonyl (C=O) groups is 2. The first-order valence-corrected chi connectivity index (χ1v) is 7.24. The molecule has 0 aromatic carbocycles. The van der Waals surface area contributed by atoms with Gasteiger partial charge in [0, 0.05) is 12.6 Å². The van der Waals surface area contributed by atoms with Crippen molar-refractivity contribution < 1.29 is 19.4 Å². The van der Waals surface area contributed by atoms with Gasteiger partial charge >= 0.3 is 12.0 Å². The van der Waals surface area contributed by atoms with E-state index in [1.54, 1.807) is 6.92 Å². The fourth-order valence-electron chi connectivity index (χ4n) is 1.75. The lowest BCUT2D eigenvalue weighted by atomic mass is 10.0. The maximum Gasteiger partial charge on any atom is 0.315 e. The predicted molar refractivity (Wildman–Crippen MR) is 77.7 cm³/mol. The number of hydrogen-bond donors (Lipinski definition) is 3. The van der Waals surface area contributed by atoms with E-state index < -0.39 is 5.97 Å². The molecule has 0 spiro atoms. The topological polar surface area (TPSA) is 87.7 Å². The van der Waals surface area contributed by atoms with Crippen LogP contribution in [0, 0.1) is 5.92 Å². The molecule has 0 aromatic heterocycles. The number of ether oxygens (including phenoxy) is 1. The maximum absolute atomic E-state index is 11.7. The van der Waals surface area contributed by atoms with Gasteiger partial charge in [-0.05, 0) is 33.6 Å². The first-order valence-electron chi connectivity index (χ1n) is 7.24. The normalized spacial score (nSPS) is 15.2. The largest absolute Gasteiger partial charge is 0.481 e. The molecule has 3 N–H and O–H groups in total. The van der Waals surface area contributed by atoms with Crippen molar-refractivity contribution in [1.82, 2.24) is 10.6 Å². The van der Waals surface area contributed by atoms with Gasteiger partial charge in [-0.3, -0.25) is 4.79 Å². The SMILES string of the molecule is CCOCC(C)NC(=O)NC(C)CCCC(C)C(=O)O. The quantitative estimate of drug-likeness (QED) is 0.573. The van der Waals surface area contributed by atoms with Gasteiger partial charge in [-0.25, -0.2) is 4.79 Å². The molecule has 0 saturated heterocycles. The molecule has 20 heavy (non-hydrogen) atoms. The summed E-state index contributed by atoms with van der Waals surface area (Å²) in [5.41, 5.74) is 0. The van der Waals surface area contributed by atoms with Gasteiger partial charge in [0.2, 0.25) is 0 Å². The van der Waals surface area contributed by atoms with Crippen LogP contribution in [0.15, 0.2) is 0 Å². The Morgan fingerprint density at radius 2 is 1.70 bits per heavy atom. The average molecular weight is 288 g/mol. The van der Waals surface area contributed by atoms with E-state index in [0.717, 1.165) is 12.8 Å². The number of carboxylic acid groups (broad SMARTS) is 1. The molecule has 0 aromatic rings. The molecular weight excluding hydrogens is 260 g/mol. The summed E-state index contributed by atoms with van der Waals surface area (Å²) in [6.07, 6.45) is 2.18. The summed E-state index contributed by atoms with van der Waals surface area (Å²) >= 11 is 0. The summed E-state index contributed by atoms with van der Waals surface area (Å²) in [7, 11) is 0. The highest BCUT2D eigenvalue weighted by molar-refractivity contribution is 5.74. The number of amides is 2. The Morgan fingerprint density at radius 1 is 1.10 bits per heavy atom. The molecule has 0 aliphatic carbocycles. The van der Waals surface area contributed by atoms with E-state index in [1.807, 2.05) is 20.8 Å². The predicted octanol–water partition coefficient (Wildman–Crippen LogP) is 1.99. The van der Waals surface area contributed by atoms with Gasteiger partial charge in [0.1, 0.15) is 0 Å². The van der Waals surface area contributed by atoms with E-state index in [4.69, 9.17) is 9.84 Å². The zero-order valence-electron chi connectivity index (χ0n) is 12.9. The van der Waals surface area contributed by atoms with Crippen molar-refractivity contribution in [2.45, 2.75) is 59.0 Å². The molecule has 3 atom stereocenters. The average Bonchev–Trinajstić information content (AvgIpc) is 2.35. The highest BCUT2D eigenvalue weighted by Gasteiger charge is 2.13. The van der Waals surface area contributed by atoms with Gasteiger partial charge < -0.3 is 20.5 Å². The highest BCUT2D eigenvalue weighted by atomic mass is 16.5. The van der Waals surface area contributed by atoms with Gasteiger partial charge in [0.05, 0.1) is 18.6 Å². The lowest BCUT2D eigenvalue weighted by Crippen LogP contribution is -2.45. The van der Waals surface area contributed by atoms with Crippen molar-refractivity contribution in [1.29, 1.82) is 0 Å². The molecular formula is C14H28N2O4. The first-order chi connectivity index (χ1) is 9.36. The van der Waals surface area contributed by atoms with Gasteiger partial charge in [-0.15, -0.1) is 0 Å². The van der Waals surface area contributed by atoms with E-state index in [1.165, 1.54) is 0 Å². The minimum atomic E-state index is -0.770. The molecule has 6 heteroatoms. The number of carboxylic acids is 1. The van der Waals surface area contributed by atoms with Gasteiger partial charge in [0.25, 0.3) is 0 Å². The number of urea groups is 1. The molecule has 6 nitrogen and oxygen atoms in total. The van der Waals surface area contributed by atoms with Crippen LogP contribution in [0.1, 0.15) is 47.0 Å². The van der Waals surface area contributed by atoms with Crippen molar-refractivity contribution in [3.05, 3.63) is 0 Å². The molecule has 0 rings (SSSR count). The van der Waals surface area contributed by atoms with Crippen LogP contribution in [0.5, 0.6) is 0 Å². The molecule has 0 radical (unpaired) electrons. The van der Waals surface area contributed by atoms with Gasteiger partial charge in [-0.1, -0.05) is 13.3 Å². The van der Waals surface area contributed by atoms with E-state index in [-0.39, 0.29) is 24.0 Å². The summed E-state index contributed by atoms with van der Waals surface area (Å²) in [6, 6.07) is -0.222. The van der Waals surface area contributed by atoms with E-state index in [2.05, 4.69) is 10.6 Å². The Morgan fingerprint density at radius 3 is 2.25 bits per heavy atom. The maximum atomic E-state index is 11.7. The van der Waals surface area contributed by atoms with Crippen LogP contribution in [0.25, 0.3) is 0 Å². The number of hydrogen-bond acceptors (Lipinski definition) is 3. The van der Waals surface area contributed by atoms with Crippen molar-refractivity contribution in [2.24, 2.45) is 5.92 Å². The van der Waals surface area contributed by atoms with E-state index in [0.29, 0.717) is 19.6 Å². The summed E-state index contributed by atoms with van der Waals surface area (Å²) in [6.45, 7) is 8.53. The zero-order valence-corrected chi connectivity index (χ0v) is 12.9. The monoisotopic (exact) mass is 288 g/mol. The second kappa shape index (κ2) is 10.5. The molecule has 0 bridgehead atoms. The molecule has 0 aliphatic heterocycles. The summed E-state index contributed by atoms with van der Waals surface area (Å²) in [5, 5.41) is 14.4. The Kier molecular flexibility index (Phi) is 9.80. The minimum Gasteiger partial charge on any atom is -0.481 e. The van der Waals surface area contributed by atoms with E-state index >= 15 is 0 Å². The Balaban J connectivity index is 3.76. The van der Waals surface area contributed by atoms with Crippen molar-refractivity contribution in [3.63, 3.8) is 0 Å². The van der Waals surface area contributed by atoms with Gasteiger partial charge in [-0.2, -0.15) is 0 Å². The molecule has 2 amide bonds. The van der Waals surface area contributed by atoms with Crippen LogP contribution < -0.4 is 10.6 Å². The molecule has 0 aliphatic rings. The Hall–Kier alpha value is -1.30. The van der Waals surface area contributed by atoms with Crippen molar-refractivity contribution >= 4 is 12.0 Å². The first kappa shape index (κ1) is 18.7. The Labute approximate surface area is 121 Å². The molecule has 3 unspecified atom stereocenters. The molecule has 0 saturated carbocycles. The van der Waals surface area contributed by atoms with Gasteiger partial charge in [0.15, 0.2) is 0 Å². The summed E-state index contributed by atoms with van der Waals surface area (Å²) in [5.74, 6) is -1.10. The van der Waals surface area contributed by atoms with Crippen LogP contribution in [0.3, 0.4) is 0 Å². The molecule has 0 heterocycles. The van der Waals surface area contributed by atoms with Crippen LogP contribution in [0.4, 0.5) is 4.79 Å². The lowest BCUT2D eigenvalue weighted by Gasteiger charge is -2.18. The van der Waals surface area contributed by atoms with Crippen LogP contribution in [-0.2, 0) is 9.53 Å². The second-order valence-electron chi connectivity index (χ2n) is 5.25. The minimum absolute atomic E-state index is 0.0234. The molecule has 0 fully saturated rings. The smallest absolute Gasteiger partial charge is 0.315 e. The third kappa shape index (κ3) is 9.61. The number of aliphatic carboxylic acids is 1. The number of rotatable bonds is 10. The lowest BCUT2D eigenvalue weighted by molar-refractivity contribution is -0.141. The van der Waals surface area contributed by atoms with Crippen LogP contribution in [-0.4, -0.2) is 42.4 Å². The zero-order chi connectivity index (χ0) is 15.5. The summed E-state index contributed by atoms with van der Waals surface area (Å²) < 4.78 is 5.22. The van der Waals surface area contributed by atoms with Crippen molar-refractivity contribution in [2.75, 3.05) is 13.2 Å². The third-order valence-corrected chi connectivity index (χ3v) is 3.02. The summed E-state index contributed by atoms with van der Waals surface area (Å²) in [4.78, 5) is 22.3. The number of nitrogens with one attached hydrogen (secondary N) is 2. The second-order valence-corrected chi connectivity index (χ2v) is 5.25. The third-order valence-electron chi connectivity index (χ3n) is 3.02. The fraction of sp³-hybridized carbons (Fsp3) is 0.857. The highest BCUT2D eigenvalue weighted by Crippen LogP contribution is 2.09. The van der Waals surface area contributed by atoms with Crippen LogP contribution in [0.2, 0.25) is 0 Å². The standard InChI is InChI=1S/C14H28N2O4/c1-5-20-9-12(4)16-14(19)15-11(3)8-6-7-10(2)13(17)18/h10-12H,5-9H2,1-4H3,(H,17,18)(H2,15,16,19). The van der Waals surface area contributed by atoms with Crippen molar-refractivity contribution in [3.8, 4) is 0 Å². The number of carbonyl (C=O) groups excluding carboxylic acids is 1. The fourth-order valence-corrected chi connectivity index (χ4v) is 1.75. The Bertz CT molecular complexity index is 297.